The minimum atomic E-state index is -0.428. The topological polar surface area (TPSA) is 103 Å². The number of halogens is 1. The van der Waals surface area contributed by atoms with Gasteiger partial charge in [-0.3, -0.25) is 14.7 Å². The van der Waals surface area contributed by atoms with Crippen molar-refractivity contribution in [1.29, 1.82) is 0 Å². The number of carbonyl (C=O) groups excluding carboxylic acids is 2. The summed E-state index contributed by atoms with van der Waals surface area (Å²) in [6, 6.07) is 13.9. The molecule has 0 aliphatic carbocycles. The van der Waals surface area contributed by atoms with E-state index in [1.807, 2.05) is 31.2 Å². The van der Waals surface area contributed by atoms with Gasteiger partial charge in [0.15, 0.2) is 11.5 Å². The van der Waals surface area contributed by atoms with Crippen LogP contribution in [0.25, 0.3) is 27.7 Å². The molecule has 2 amide bonds. The van der Waals surface area contributed by atoms with Crippen molar-refractivity contribution in [2.24, 2.45) is 0 Å². The first-order valence-electron chi connectivity index (χ1n) is 12.7. The maximum atomic E-state index is 15.2. The van der Waals surface area contributed by atoms with Crippen molar-refractivity contribution in [3.63, 3.8) is 0 Å². The van der Waals surface area contributed by atoms with Crippen molar-refractivity contribution < 1.29 is 14.0 Å². The molecule has 1 fully saturated rings. The molecule has 0 bridgehead atoms. The Bertz CT molecular complexity index is 1580. The molecule has 1 unspecified atom stereocenters. The fourth-order valence-electron chi connectivity index (χ4n) is 4.74. The summed E-state index contributed by atoms with van der Waals surface area (Å²) in [6.07, 6.45) is 3.74. The predicted molar refractivity (Wildman–Crippen MR) is 150 cm³/mol. The van der Waals surface area contributed by atoms with Crippen LogP contribution in [0.15, 0.2) is 74.0 Å². The first-order valence-corrected chi connectivity index (χ1v) is 12.7. The third kappa shape index (κ3) is 5.43. The Hall–Kier alpha value is -4.79. The number of H-pyrrole nitrogens is 1. The van der Waals surface area contributed by atoms with Crippen LogP contribution in [0.5, 0.6) is 0 Å². The van der Waals surface area contributed by atoms with Gasteiger partial charge in [0.2, 0.25) is 5.91 Å². The molecule has 9 heteroatoms. The van der Waals surface area contributed by atoms with Gasteiger partial charge in [-0.2, -0.15) is 5.10 Å². The molecular weight excluding hydrogens is 495 g/mol. The molecule has 1 aliphatic heterocycles. The van der Waals surface area contributed by atoms with E-state index >= 15 is 4.39 Å². The molecular formula is C30H29FN6O2. The molecule has 3 heterocycles. The number of likely N-dealkylation sites (tertiary alicyclic amines) is 1. The number of aromatic nitrogens is 3. The molecule has 39 heavy (non-hydrogen) atoms. The third-order valence-electron chi connectivity index (χ3n) is 6.92. The normalized spacial score (nSPS) is 14.8. The highest BCUT2D eigenvalue weighted by atomic mass is 19.1. The number of nitrogens with one attached hydrogen (secondary N) is 3. The van der Waals surface area contributed by atoms with E-state index in [1.165, 1.54) is 12.1 Å². The Labute approximate surface area is 225 Å². The Kier molecular flexibility index (Phi) is 7.23. The highest BCUT2D eigenvalue weighted by molar-refractivity contribution is 6.00. The largest absolute Gasteiger partial charge is 0.363 e. The third-order valence-corrected chi connectivity index (χ3v) is 6.92. The number of nitrogens with zero attached hydrogens (tertiary/aromatic N) is 3. The lowest BCUT2D eigenvalue weighted by Crippen LogP contribution is -2.30. The lowest BCUT2D eigenvalue weighted by Gasteiger charge is -2.15. The van der Waals surface area contributed by atoms with Crippen LogP contribution in [-0.4, -0.2) is 51.0 Å². The number of anilines is 1. The van der Waals surface area contributed by atoms with Gasteiger partial charge in [-0.25, -0.2) is 9.37 Å². The van der Waals surface area contributed by atoms with Crippen molar-refractivity contribution in [3.05, 3.63) is 96.5 Å². The predicted octanol–water partition coefficient (Wildman–Crippen LogP) is 4.93. The lowest BCUT2D eigenvalue weighted by molar-refractivity contribution is -0.125. The molecule has 1 saturated heterocycles. The van der Waals surface area contributed by atoms with Crippen LogP contribution in [0.2, 0.25) is 0 Å². The summed E-state index contributed by atoms with van der Waals surface area (Å²) in [7, 11) is 0. The average Bonchev–Trinajstić information content (AvgIpc) is 3.59. The number of hydrogen-bond donors (Lipinski definition) is 3. The monoisotopic (exact) mass is 524 g/mol. The van der Waals surface area contributed by atoms with Crippen LogP contribution in [0.1, 0.15) is 34.8 Å². The number of fused-ring (bicyclic) bond motifs is 1. The summed E-state index contributed by atoms with van der Waals surface area (Å²) in [4.78, 5) is 30.6. The van der Waals surface area contributed by atoms with Gasteiger partial charge in [0.25, 0.3) is 5.91 Å². The summed E-state index contributed by atoms with van der Waals surface area (Å²) in [5, 5.41) is 14.3. The second kappa shape index (κ2) is 10.9. The van der Waals surface area contributed by atoms with Crippen molar-refractivity contribution in [2.45, 2.75) is 25.9 Å². The van der Waals surface area contributed by atoms with E-state index in [0.29, 0.717) is 41.2 Å². The molecule has 0 saturated carbocycles. The molecule has 5 rings (SSSR count). The molecule has 198 valence electrons. The molecule has 2 aromatic carbocycles. The maximum absolute atomic E-state index is 15.2. The zero-order chi connectivity index (χ0) is 27.5. The quantitative estimate of drug-likeness (QED) is 0.284. The molecule has 0 spiro atoms. The van der Waals surface area contributed by atoms with Crippen LogP contribution in [0.3, 0.4) is 0 Å². The zero-order valence-corrected chi connectivity index (χ0v) is 21.6. The Balaban J connectivity index is 1.32. The van der Waals surface area contributed by atoms with E-state index in [2.05, 4.69) is 39.0 Å². The SMILES string of the molecule is C=CC(=O)N1CCC(Nc2n[nH]c3nccc(-c4ccc(CNC(=O)c5ccc(C(=C)C)cc5)c(F)c4)c23)C1. The summed E-state index contributed by atoms with van der Waals surface area (Å²) < 4.78 is 15.2. The van der Waals surface area contributed by atoms with Gasteiger partial charge >= 0.3 is 0 Å². The van der Waals surface area contributed by atoms with Crippen LogP contribution in [0.4, 0.5) is 10.2 Å². The maximum Gasteiger partial charge on any atom is 0.251 e. The lowest BCUT2D eigenvalue weighted by atomic mass is 10.0. The van der Waals surface area contributed by atoms with Gasteiger partial charge < -0.3 is 15.5 Å². The van der Waals surface area contributed by atoms with E-state index in [4.69, 9.17) is 0 Å². The first-order chi connectivity index (χ1) is 18.8. The molecule has 3 N–H and O–H groups in total. The van der Waals surface area contributed by atoms with Crippen LogP contribution >= 0.6 is 0 Å². The fourth-order valence-corrected chi connectivity index (χ4v) is 4.74. The zero-order valence-electron chi connectivity index (χ0n) is 21.6. The first kappa shape index (κ1) is 25.8. The highest BCUT2D eigenvalue weighted by Gasteiger charge is 2.26. The molecule has 4 aromatic rings. The van der Waals surface area contributed by atoms with E-state index in [9.17, 15) is 9.59 Å². The molecule has 2 aromatic heterocycles. The number of rotatable bonds is 8. The summed E-state index contributed by atoms with van der Waals surface area (Å²) in [5.74, 6) is -0.207. The van der Waals surface area contributed by atoms with Crippen molar-refractivity contribution in [2.75, 3.05) is 18.4 Å². The van der Waals surface area contributed by atoms with Crippen molar-refractivity contribution in [3.8, 4) is 11.1 Å². The van der Waals surface area contributed by atoms with Crippen LogP contribution in [0, 0.1) is 5.82 Å². The van der Waals surface area contributed by atoms with Gasteiger partial charge in [0, 0.05) is 43.0 Å². The number of amides is 2. The minimum absolute atomic E-state index is 0.0215. The second-order valence-electron chi connectivity index (χ2n) is 9.62. The smallest absolute Gasteiger partial charge is 0.251 e. The highest BCUT2D eigenvalue weighted by Crippen LogP contribution is 2.33. The van der Waals surface area contributed by atoms with E-state index < -0.39 is 5.82 Å². The summed E-state index contributed by atoms with van der Waals surface area (Å²) in [6.45, 7) is 10.6. The fraction of sp³-hybridized carbons (Fsp3) is 0.200. The molecule has 0 radical (unpaired) electrons. The number of hydrogen-bond acceptors (Lipinski definition) is 5. The van der Waals surface area contributed by atoms with Crippen molar-refractivity contribution in [1.82, 2.24) is 25.4 Å². The number of pyridine rings is 1. The molecule has 8 nitrogen and oxygen atoms in total. The van der Waals surface area contributed by atoms with E-state index in [0.717, 1.165) is 28.5 Å². The van der Waals surface area contributed by atoms with E-state index in [-0.39, 0.29) is 24.4 Å². The molecule has 1 atom stereocenters. The number of allylic oxidation sites excluding steroid dienone is 1. The summed E-state index contributed by atoms with van der Waals surface area (Å²) >= 11 is 0. The minimum Gasteiger partial charge on any atom is -0.363 e. The Morgan fingerprint density at radius 1 is 1.18 bits per heavy atom. The Morgan fingerprint density at radius 3 is 2.67 bits per heavy atom. The van der Waals surface area contributed by atoms with Crippen molar-refractivity contribution >= 4 is 34.2 Å². The average molecular weight is 525 g/mol. The standard InChI is InChI=1S/C30H29FN6O2/c1-4-26(38)37-14-12-23(17-37)34-29-27-24(11-13-32-28(27)35-36-29)21-9-10-22(25(31)15-21)16-33-30(39)20-7-5-19(6-8-20)18(2)3/h4-11,13,15,23H,1-2,12,14,16-17H2,3H3,(H,33,39)(H2,32,34,35,36). The van der Waals surface area contributed by atoms with Gasteiger partial charge in [-0.15, -0.1) is 0 Å². The summed E-state index contributed by atoms with van der Waals surface area (Å²) in [5.41, 5.74) is 4.74. The molecule has 1 aliphatic rings. The van der Waals surface area contributed by atoms with Gasteiger partial charge in [0.1, 0.15) is 5.82 Å². The van der Waals surface area contributed by atoms with Gasteiger partial charge in [-0.05, 0) is 60.4 Å². The van der Waals surface area contributed by atoms with Crippen LogP contribution < -0.4 is 10.6 Å². The number of carbonyl (C=O) groups is 2. The Morgan fingerprint density at radius 2 is 1.95 bits per heavy atom. The van der Waals surface area contributed by atoms with Crippen LogP contribution in [-0.2, 0) is 11.3 Å². The van der Waals surface area contributed by atoms with E-state index in [1.54, 1.807) is 29.3 Å². The van der Waals surface area contributed by atoms with Gasteiger partial charge in [0.05, 0.1) is 5.39 Å². The second-order valence-corrected chi connectivity index (χ2v) is 9.62. The van der Waals surface area contributed by atoms with Gasteiger partial charge in [-0.1, -0.05) is 43.0 Å². The number of benzene rings is 2. The number of aromatic amines is 1.